The normalized spacial score (nSPS) is 14.1. The maximum Gasteiger partial charge on any atom is 0.272 e. The number of nitrogens with zero attached hydrogens (tertiary/aromatic N) is 1. The van der Waals surface area contributed by atoms with Crippen molar-refractivity contribution in [1.82, 2.24) is 4.98 Å². The Morgan fingerprint density at radius 2 is 2.08 bits per heavy atom. The van der Waals surface area contributed by atoms with Gasteiger partial charge in [0.1, 0.15) is 5.69 Å². The Morgan fingerprint density at radius 1 is 1.29 bits per heavy atom. The smallest absolute Gasteiger partial charge is 0.272 e. The molecule has 0 bridgehead atoms. The summed E-state index contributed by atoms with van der Waals surface area (Å²) in [5.41, 5.74) is 0.994. The first-order valence-corrected chi connectivity index (χ1v) is 8.98. The lowest BCUT2D eigenvalue weighted by atomic mass is 10.0. The molecule has 1 amide bonds. The summed E-state index contributed by atoms with van der Waals surface area (Å²) >= 11 is 0. The molecule has 0 saturated carbocycles. The molecule has 0 radical (unpaired) electrons. The van der Waals surface area contributed by atoms with Gasteiger partial charge in [0.2, 0.25) is 5.91 Å². The Labute approximate surface area is 139 Å². The van der Waals surface area contributed by atoms with Crippen LogP contribution in [-0.2, 0) is 21.2 Å². The van der Waals surface area contributed by atoms with Gasteiger partial charge in [0.25, 0.3) is 15.6 Å². The van der Waals surface area contributed by atoms with Crippen LogP contribution in [-0.4, -0.2) is 25.9 Å². The average molecular weight is 347 g/mol. The highest BCUT2D eigenvalue weighted by Gasteiger charge is 2.23. The summed E-state index contributed by atoms with van der Waals surface area (Å²) in [7, 11) is -3.88. The van der Waals surface area contributed by atoms with Crippen LogP contribution in [0.4, 0.5) is 11.4 Å². The fourth-order valence-corrected chi connectivity index (χ4v) is 3.89. The predicted octanol–water partition coefficient (Wildman–Crippen LogP) is 1.47. The number of pyridine rings is 1. The van der Waals surface area contributed by atoms with Crippen LogP contribution in [0.2, 0.25) is 0 Å². The van der Waals surface area contributed by atoms with Gasteiger partial charge in [0.15, 0.2) is 0 Å². The lowest BCUT2D eigenvalue weighted by Gasteiger charge is -2.28. The Bertz CT molecular complexity index is 950. The molecule has 0 saturated heterocycles. The van der Waals surface area contributed by atoms with E-state index >= 15 is 0 Å². The second-order valence-electron chi connectivity index (χ2n) is 5.58. The number of carbonyl (C=O) groups is 1. The molecule has 1 aliphatic rings. The maximum atomic E-state index is 12.5. The number of aromatic amines is 1. The molecule has 2 aromatic rings. The number of fused-ring (bicyclic) bond motifs is 1. The Kier molecular flexibility index (Phi) is 4.15. The predicted molar refractivity (Wildman–Crippen MR) is 90.7 cm³/mol. The molecule has 2 N–H and O–H groups in total. The lowest BCUT2D eigenvalue weighted by Crippen LogP contribution is -2.33. The van der Waals surface area contributed by atoms with E-state index < -0.39 is 15.6 Å². The summed E-state index contributed by atoms with van der Waals surface area (Å²) in [6, 6.07) is 7.58. The minimum atomic E-state index is -3.88. The Balaban J connectivity index is 1.97. The third-order valence-electron chi connectivity index (χ3n) is 3.92. The number of aryl methyl sites for hydroxylation is 1. The van der Waals surface area contributed by atoms with Crippen molar-refractivity contribution in [2.75, 3.05) is 16.2 Å². The molecule has 0 aliphatic carbocycles. The molecule has 1 aromatic carbocycles. The molecule has 1 aliphatic heterocycles. The monoisotopic (exact) mass is 347 g/mol. The summed E-state index contributed by atoms with van der Waals surface area (Å²) in [6.45, 7) is 2.12. The molecule has 0 spiro atoms. The van der Waals surface area contributed by atoms with Crippen LogP contribution in [0.15, 0.2) is 46.2 Å². The van der Waals surface area contributed by atoms with Crippen LogP contribution in [0.1, 0.15) is 18.9 Å². The quantitative estimate of drug-likeness (QED) is 0.878. The van der Waals surface area contributed by atoms with Crippen LogP contribution < -0.4 is 15.2 Å². The van der Waals surface area contributed by atoms with Gasteiger partial charge in [-0.2, -0.15) is 0 Å². The van der Waals surface area contributed by atoms with Gasteiger partial charge in [0, 0.05) is 25.4 Å². The highest BCUT2D eigenvalue weighted by molar-refractivity contribution is 7.92. The van der Waals surface area contributed by atoms with Gasteiger partial charge in [-0.25, -0.2) is 8.42 Å². The molecule has 0 unspecified atom stereocenters. The molecular weight excluding hydrogens is 330 g/mol. The van der Waals surface area contributed by atoms with Gasteiger partial charge in [-0.3, -0.25) is 14.3 Å². The van der Waals surface area contributed by atoms with E-state index in [9.17, 15) is 18.0 Å². The molecule has 1 aromatic heterocycles. The number of H-pyrrole nitrogens is 1. The summed E-state index contributed by atoms with van der Waals surface area (Å²) < 4.78 is 27.3. The minimum absolute atomic E-state index is 0.0411. The Morgan fingerprint density at radius 3 is 2.79 bits per heavy atom. The van der Waals surface area contributed by atoms with Crippen molar-refractivity contribution in [1.29, 1.82) is 0 Å². The van der Waals surface area contributed by atoms with Crippen LogP contribution in [0.5, 0.6) is 0 Å². The van der Waals surface area contributed by atoms with Crippen LogP contribution in [0.3, 0.4) is 0 Å². The van der Waals surface area contributed by atoms with Crippen molar-refractivity contribution in [3.63, 3.8) is 0 Å². The molecule has 24 heavy (non-hydrogen) atoms. The second-order valence-corrected chi connectivity index (χ2v) is 7.27. The van der Waals surface area contributed by atoms with E-state index in [2.05, 4.69) is 9.71 Å². The molecule has 7 nitrogen and oxygen atoms in total. The van der Waals surface area contributed by atoms with Gasteiger partial charge < -0.3 is 9.88 Å². The van der Waals surface area contributed by atoms with Crippen molar-refractivity contribution in [3.8, 4) is 0 Å². The number of anilines is 2. The first-order valence-electron chi connectivity index (χ1n) is 7.50. The highest BCUT2D eigenvalue weighted by Crippen LogP contribution is 2.29. The average Bonchev–Trinajstić information content (AvgIpc) is 2.55. The van der Waals surface area contributed by atoms with E-state index in [0.29, 0.717) is 13.0 Å². The largest absolute Gasteiger partial charge is 0.327 e. The van der Waals surface area contributed by atoms with Gasteiger partial charge in [-0.1, -0.05) is 0 Å². The summed E-state index contributed by atoms with van der Waals surface area (Å²) in [6.07, 6.45) is 2.91. The number of benzene rings is 1. The van der Waals surface area contributed by atoms with Crippen molar-refractivity contribution in [3.05, 3.63) is 52.4 Å². The fourth-order valence-electron chi connectivity index (χ4n) is 2.77. The first-order chi connectivity index (χ1) is 11.4. The zero-order chi connectivity index (χ0) is 17.3. The number of amides is 1. The molecule has 126 valence electrons. The van der Waals surface area contributed by atoms with Crippen LogP contribution in [0, 0.1) is 0 Å². The summed E-state index contributed by atoms with van der Waals surface area (Å²) in [5, 5.41) is 0. The SMILES string of the molecule is CC(=O)N1CCCc2cc(S(=O)(=O)Nc3ccc[nH]c3=O)ccc21. The van der Waals surface area contributed by atoms with E-state index in [1.54, 1.807) is 17.0 Å². The number of aromatic nitrogens is 1. The second kappa shape index (κ2) is 6.12. The van der Waals surface area contributed by atoms with Crippen LogP contribution in [0.25, 0.3) is 0 Å². The standard InChI is InChI=1S/C16H17N3O4S/c1-11(20)19-9-3-4-12-10-13(6-7-15(12)19)24(22,23)18-14-5-2-8-17-16(14)21/h2,5-8,10,18H,3-4,9H2,1H3,(H,17,21). The minimum Gasteiger partial charge on any atom is -0.327 e. The summed E-state index contributed by atoms with van der Waals surface area (Å²) in [5.74, 6) is -0.0690. The van der Waals surface area contributed by atoms with Crippen LogP contribution >= 0.6 is 0 Å². The number of sulfonamides is 1. The van der Waals surface area contributed by atoms with Gasteiger partial charge >= 0.3 is 0 Å². The zero-order valence-corrected chi connectivity index (χ0v) is 13.9. The van der Waals surface area contributed by atoms with Gasteiger partial charge in [-0.05, 0) is 48.7 Å². The van der Waals surface area contributed by atoms with Crippen molar-refractivity contribution in [2.45, 2.75) is 24.7 Å². The maximum absolute atomic E-state index is 12.5. The zero-order valence-electron chi connectivity index (χ0n) is 13.1. The van der Waals surface area contributed by atoms with Crippen molar-refractivity contribution >= 4 is 27.3 Å². The lowest BCUT2D eigenvalue weighted by molar-refractivity contribution is -0.116. The van der Waals surface area contributed by atoms with E-state index in [4.69, 9.17) is 0 Å². The van der Waals surface area contributed by atoms with E-state index in [0.717, 1.165) is 17.7 Å². The fraction of sp³-hybridized carbons (Fsp3) is 0.250. The Hall–Kier alpha value is -2.61. The molecule has 3 rings (SSSR count). The van der Waals surface area contributed by atoms with E-state index in [1.807, 2.05) is 0 Å². The van der Waals surface area contributed by atoms with Crippen molar-refractivity contribution in [2.24, 2.45) is 0 Å². The number of carbonyl (C=O) groups excluding carboxylic acids is 1. The van der Waals surface area contributed by atoms with E-state index in [1.165, 1.54) is 31.3 Å². The first kappa shape index (κ1) is 16.3. The number of hydrogen-bond acceptors (Lipinski definition) is 4. The highest BCUT2D eigenvalue weighted by atomic mass is 32.2. The topological polar surface area (TPSA) is 99.3 Å². The third-order valence-corrected chi connectivity index (χ3v) is 5.29. The van der Waals surface area contributed by atoms with Gasteiger partial charge in [0.05, 0.1) is 4.90 Å². The molecule has 8 heteroatoms. The molecule has 2 heterocycles. The number of hydrogen-bond donors (Lipinski definition) is 2. The molecule has 0 atom stereocenters. The molecular formula is C16H17N3O4S. The third kappa shape index (κ3) is 3.05. The number of rotatable bonds is 3. The number of nitrogens with one attached hydrogen (secondary N) is 2. The van der Waals surface area contributed by atoms with Crippen molar-refractivity contribution < 1.29 is 13.2 Å². The summed E-state index contributed by atoms with van der Waals surface area (Å²) in [4.78, 5) is 27.5. The molecule has 0 fully saturated rings. The van der Waals surface area contributed by atoms with Gasteiger partial charge in [-0.15, -0.1) is 0 Å². The van der Waals surface area contributed by atoms with E-state index in [-0.39, 0.29) is 16.5 Å².